The second-order valence-electron chi connectivity index (χ2n) is 6.39. The molecule has 156 valence electrons. The minimum Gasteiger partial charge on any atom is -0.484 e. The van der Waals surface area contributed by atoms with Gasteiger partial charge in [0, 0.05) is 13.1 Å². The number of carbonyl (C=O) groups excluding carboxylic acids is 1. The number of allylic oxidation sites excluding steroid dienone is 1. The van der Waals surface area contributed by atoms with Crippen molar-refractivity contribution in [1.29, 1.82) is 0 Å². The molecule has 3 rings (SSSR count). The van der Waals surface area contributed by atoms with Crippen LogP contribution in [0, 0.1) is 0 Å². The van der Waals surface area contributed by atoms with Crippen molar-refractivity contribution < 1.29 is 9.53 Å². The predicted molar refractivity (Wildman–Crippen MR) is 120 cm³/mol. The molecule has 1 heterocycles. The lowest BCUT2D eigenvalue weighted by atomic mass is 10.1. The maximum atomic E-state index is 12.2. The number of amides is 1. The Morgan fingerprint density at radius 3 is 2.70 bits per heavy atom. The molecule has 0 aliphatic heterocycles. The first kappa shape index (κ1) is 21.9. The summed E-state index contributed by atoms with van der Waals surface area (Å²) in [6.07, 6.45) is 2.56. The molecule has 1 aromatic heterocycles. The van der Waals surface area contributed by atoms with E-state index in [-0.39, 0.29) is 18.3 Å². The largest absolute Gasteiger partial charge is 0.484 e. The number of nitrogens with zero attached hydrogens (tertiary/aromatic N) is 3. The molecule has 0 bridgehead atoms. The Morgan fingerprint density at radius 2 is 1.93 bits per heavy atom. The second-order valence-corrected chi connectivity index (χ2v) is 7.74. The van der Waals surface area contributed by atoms with Crippen molar-refractivity contribution >= 4 is 29.3 Å². The fraction of sp³-hybridized carbons (Fsp3) is 0.227. The molecule has 1 N–H and O–H groups in total. The van der Waals surface area contributed by atoms with E-state index in [4.69, 9.17) is 16.3 Å². The zero-order chi connectivity index (χ0) is 21.2. The Kier molecular flexibility index (Phi) is 8.35. The Morgan fingerprint density at radius 1 is 1.17 bits per heavy atom. The average Bonchev–Trinajstić information content (AvgIpc) is 3.14. The van der Waals surface area contributed by atoms with Crippen molar-refractivity contribution in [3.63, 3.8) is 0 Å². The van der Waals surface area contributed by atoms with Gasteiger partial charge in [-0.05, 0) is 24.1 Å². The lowest BCUT2D eigenvalue weighted by Gasteiger charge is -2.10. The SMILES string of the molecule is C=CCn1c(COc2ccccc2Cl)nnc1SCC(=O)NCCc1ccccc1. The van der Waals surface area contributed by atoms with E-state index in [1.165, 1.54) is 17.3 Å². The van der Waals surface area contributed by atoms with Crippen LogP contribution >= 0.6 is 23.4 Å². The van der Waals surface area contributed by atoms with E-state index in [0.717, 1.165) is 6.42 Å². The summed E-state index contributed by atoms with van der Waals surface area (Å²) in [6, 6.07) is 17.3. The molecular formula is C22H23ClN4O2S. The first-order valence-electron chi connectivity index (χ1n) is 9.51. The fourth-order valence-electron chi connectivity index (χ4n) is 2.72. The highest BCUT2D eigenvalue weighted by Gasteiger charge is 2.14. The molecule has 0 atom stereocenters. The second kappa shape index (κ2) is 11.4. The van der Waals surface area contributed by atoms with Crippen LogP contribution in [-0.2, 0) is 24.4 Å². The number of nitrogens with one attached hydrogen (secondary N) is 1. The van der Waals surface area contributed by atoms with Crippen LogP contribution in [0.2, 0.25) is 5.02 Å². The highest BCUT2D eigenvalue weighted by Crippen LogP contribution is 2.24. The molecule has 0 saturated carbocycles. The van der Waals surface area contributed by atoms with Crippen LogP contribution in [0.15, 0.2) is 72.4 Å². The molecule has 3 aromatic rings. The Bertz CT molecular complexity index is 978. The van der Waals surface area contributed by atoms with E-state index in [0.29, 0.717) is 34.8 Å². The molecule has 0 fully saturated rings. The van der Waals surface area contributed by atoms with Gasteiger partial charge in [-0.15, -0.1) is 16.8 Å². The smallest absolute Gasteiger partial charge is 0.230 e. The summed E-state index contributed by atoms with van der Waals surface area (Å²) in [7, 11) is 0. The van der Waals surface area contributed by atoms with Gasteiger partial charge in [-0.3, -0.25) is 9.36 Å². The number of aromatic nitrogens is 3. The van der Waals surface area contributed by atoms with E-state index in [9.17, 15) is 4.79 Å². The first-order chi connectivity index (χ1) is 14.7. The number of carbonyl (C=O) groups is 1. The molecule has 0 radical (unpaired) electrons. The number of rotatable bonds is 11. The molecule has 0 aliphatic carbocycles. The van der Waals surface area contributed by atoms with Crippen molar-refractivity contribution in [3.8, 4) is 5.75 Å². The van der Waals surface area contributed by atoms with Crippen LogP contribution in [0.1, 0.15) is 11.4 Å². The monoisotopic (exact) mass is 442 g/mol. The number of ether oxygens (including phenoxy) is 1. The summed E-state index contributed by atoms with van der Waals surface area (Å²) in [6.45, 7) is 5.12. The maximum Gasteiger partial charge on any atom is 0.230 e. The van der Waals surface area contributed by atoms with Gasteiger partial charge in [-0.2, -0.15) is 0 Å². The average molecular weight is 443 g/mol. The van der Waals surface area contributed by atoms with Crippen molar-refractivity contribution in [2.24, 2.45) is 0 Å². The van der Waals surface area contributed by atoms with Crippen molar-refractivity contribution in [2.75, 3.05) is 12.3 Å². The maximum absolute atomic E-state index is 12.2. The Hall–Kier alpha value is -2.77. The standard InChI is InChI=1S/C22H23ClN4O2S/c1-2-14-27-20(15-29-19-11-7-6-10-18(19)23)25-26-22(27)30-16-21(28)24-13-12-17-8-4-3-5-9-17/h2-11H,1,12-16H2,(H,24,28). The van der Waals surface area contributed by atoms with Crippen molar-refractivity contribution in [2.45, 2.75) is 24.7 Å². The molecule has 30 heavy (non-hydrogen) atoms. The third kappa shape index (κ3) is 6.37. The van der Waals surface area contributed by atoms with Crippen LogP contribution in [0.5, 0.6) is 5.75 Å². The summed E-state index contributed by atoms with van der Waals surface area (Å²) < 4.78 is 7.65. The molecule has 0 unspecified atom stereocenters. The molecule has 2 aromatic carbocycles. The number of thioether (sulfide) groups is 1. The zero-order valence-electron chi connectivity index (χ0n) is 16.5. The minimum absolute atomic E-state index is 0.0436. The molecule has 0 saturated heterocycles. The van der Waals surface area contributed by atoms with E-state index < -0.39 is 0 Å². The van der Waals surface area contributed by atoms with Crippen LogP contribution in [-0.4, -0.2) is 33.0 Å². The quantitative estimate of drug-likeness (QED) is 0.357. The molecule has 8 heteroatoms. The van der Waals surface area contributed by atoms with Crippen LogP contribution in [0.25, 0.3) is 0 Å². The third-order valence-corrected chi connectivity index (χ3v) is 5.49. The number of hydrogen-bond donors (Lipinski definition) is 1. The van der Waals surface area contributed by atoms with Crippen molar-refractivity contribution in [3.05, 3.63) is 83.7 Å². The molecule has 1 amide bonds. The predicted octanol–water partition coefficient (Wildman–Crippen LogP) is 4.15. The Labute approximate surface area is 185 Å². The van der Waals surface area contributed by atoms with Gasteiger partial charge >= 0.3 is 0 Å². The van der Waals surface area contributed by atoms with Gasteiger partial charge in [0.2, 0.25) is 5.91 Å². The first-order valence-corrected chi connectivity index (χ1v) is 10.9. The highest BCUT2D eigenvalue weighted by molar-refractivity contribution is 7.99. The number of para-hydroxylation sites is 1. The summed E-state index contributed by atoms with van der Waals surface area (Å²) in [5.74, 6) is 1.44. The van der Waals surface area contributed by atoms with Gasteiger partial charge in [-0.1, -0.05) is 71.9 Å². The molecular weight excluding hydrogens is 420 g/mol. The third-order valence-electron chi connectivity index (χ3n) is 4.21. The highest BCUT2D eigenvalue weighted by atomic mass is 35.5. The summed E-state index contributed by atoms with van der Waals surface area (Å²) >= 11 is 7.46. The Balaban J connectivity index is 1.52. The van der Waals surface area contributed by atoms with Gasteiger partial charge < -0.3 is 10.1 Å². The van der Waals surface area contributed by atoms with E-state index in [1.54, 1.807) is 18.2 Å². The lowest BCUT2D eigenvalue weighted by molar-refractivity contribution is -0.118. The van der Waals surface area contributed by atoms with Crippen LogP contribution in [0.3, 0.4) is 0 Å². The van der Waals surface area contributed by atoms with E-state index >= 15 is 0 Å². The van der Waals surface area contributed by atoms with Gasteiger partial charge in [0.15, 0.2) is 11.0 Å². The van der Waals surface area contributed by atoms with Crippen LogP contribution < -0.4 is 10.1 Å². The molecule has 0 aliphatic rings. The number of hydrogen-bond acceptors (Lipinski definition) is 5. The van der Waals surface area contributed by atoms with Gasteiger partial charge in [0.25, 0.3) is 0 Å². The minimum atomic E-state index is -0.0436. The molecule has 0 spiro atoms. The van der Waals surface area contributed by atoms with Crippen molar-refractivity contribution in [1.82, 2.24) is 20.1 Å². The summed E-state index contributed by atoms with van der Waals surface area (Å²) in [5.41, 5.74) is 1.19. The van der Waals surface area contributed by atoms with E-state index in [2.05, 4.69) is 22.1 Å². The van der Waals surface area contributed by atoms with E-state index in [1.807, 2.05) is 47.0 Å². The number of benzene rings is 2. The number of halogens is 1. The van der Waals surface area contributed by atoms with Gasteiger partial charge in [0.05, 0.1) is 10.8 Å². The van der Waals surface area contributed by atoms with Crippen LogP contribution in [0.4, 0.5) is 0 Å². The fourth-order valence-corrected chi connectivity index (χ4v) is 3.71. The zero-order valence-corrected chi connectivity index (χ0v) is 18.0. The summed E-state index contributed by atoms with van der Waals surface area (Å²) in [5, 5.41) is 12.5. The lowest BCUT2D eigenvalue weighted by Crippen LogP contribution is -2.27. The topological polar surface area (TPSA) is 69.0 Å². The summed E-state index contributed by atoms with van der Waals surface area (Å²) in [4.78, 5) is 12.2. The molecule has 6 nitrogen and oxygen atoms in total. The van der Waals surface area contributed by atoms with Gasteiger partial charge in [-0.25, -0.2) is 0 Å². The normalized spacial score (nSPS) is 10.6. The van der Waals surface area contributed by atoms with Gasteiger partial charge in [0.1, 0.15) is 12.4 Å².